The van der Waals surface area contributed by atoms with E-state index in [-0.39, 0.29) is 18.2 Å². The number of halogens is 1. The van der Waals surface area contributed by atoms with Crippen LogP contribution in [0.15, 0.2) is 18.2 Å². The lowest BCUT2D eigenvalue weighted by Crippen LogP contribution is -2.25. The number of aryl methyl sites for hydroxylation is 1. The standard InChI is InChI=1S/C12H12FNO2/c1-7-3-4-10(13)8(5-7)9-6-11(15)14(2)12(9)16/h3-5,9H,6H2,1-2H3. The third-order valence-electron chi connectivity index (χ3n) is 2.91. The predicted octanol–water partition coefficient (Wildman–Crippen LogP) is 1.61. The second-order valence-corrected chi connectivity index (χ2v) is 4.07. The number of nitrogens with zero attached hydrogens (tertiary/aromatic N) is 1. The molecule has 1 fully saturated rings. The van der Waals surface area contributed by atoms with Gasteiger partial charge in [-0.05, 0) is 13.0 Å². The molecule has 0 N–H and O–H groups in total. The van der Waals surface area contributed by atoms with Crippen LogP contribution in [0.5, 0.6) is 0 Å². The van der Waals surface area contributed by atoms with Gasteiger partial charge in [-0.3, -0.25) is 14.5 Å². The van der Waals surface area contributed by atoms with Gasteiger partial charge in [-0.25, -0.2) is 4.39 Å². The number of likely N-dealkylation sites (tertiary alicyclic amines) is 1. The van der Waals surface area contributed by atoms with Crippen molar-refractivity contribution >= 4 is 11.8 Å². The summed E-state index contributed by atoms with van der Waals surface area (Å²) in [7, 11) is 1.43. The smallest absolute Gasteiger partial charge is 0.237 e. The van der Waals surface area contributed by atoms with Gasteiger partial charge in [0.2, 0.25) is 11.8 Å². The quantitative estimate of drug-likeness (QED) is 0.675. The summed E-state index contributed by atoms with van der Waals surface area (Å²) in [6, 6.07) is 4.61. The number of imide groups is 1. The van der Waals surface area contributed by atoms with E-state index < -0.39 is 11.7 Å². The molecule has 1 saturated heterocycles. The highest BCUT2D eigenvalue weighted by atomic mass is 19.1. The van der Waals surface area contributed by atoms with Gasteiger partial charge in [-0.1, -0.05) is 17.7 Å². The zero-order valence-electron chi connectivity index (χ0n) is 9.16. The molecule has 0 bridgehead atoms. The normalized spacial score (nSPS) is 20.7. The minimum atomic E-state index is -0.655. The van der Waals surface area contributed by atoms with Gasteiger partial charge in [-0.2, -0.15) is 0 Å². The number of hydrogen-bond acceptors (Lipinski definition) is 2. The number of hydrogen-bond donors (Lipinski definition) is 0. The molecule has 1 atom stereocenters. The number of likely N-dealkylation sites (N-methyl/N-ethyl adjacent to an activating group) is 1. The van der Waals surface area contributed by atoms with Crippen LogP contribution in [0.2, 0.25) is 0 Å². The second kappa shape index (κ2) is 3.70. The van der Waals surface area contributed by atoms with Crippen LogP contribution in [0.1, 0.15) is 23.5 Å². The van der Waals surface area contributed by atoms with Crippen molar-refractivity contribution in [3.8, 4) is 0 Å². The minimum absolute atomic E-state index is 0.0652. The third kappa shape index (κ3) is 1.60. The topological polar surface area (TPSA) is 37.4 Å². The monoisotopic (exact) mass is 221 g/mol. The van der Waals surface area contributed by atoms with Crippen molar-refractivity contribution in [3.63, 3.8) is 0 Å². The molecule has 1 aromatic carbocycles. The van der Waals surface area contributed by atoms with Crippen LogP contribution < -0.4 is 0 Å². The maximum Gasteiger partial charge on any atom is 0.237 e. The molecule has 1 aliphatic rings. The molecule has 3 nitrogen and oxygen atoms in total. The Bertz CT molecular complexity index is 470. The van der Waals surface area contributed by atoms with E-state index in [9.17, 15) is 14.0 Å². The Balaban J connectivity index is 2.42. The Kier molecular flexibility index (Phi) is 2.50. The van der Waals surface area contributed by atoms with E-state index in [0.717, 1.165) is 10.5 Å². The molecule has 0 aliphatic carbocycles. The number of carbonyl (C=O) groups excluding carboxylic acids is 2. The lowest BCUT2D eigenvalue weighted by Gasteiger charge is -2.10. The first kappa shape index (κ1) is 10.8. The molecular formula is C12H12FNO2. The summed E-state index contributed by atoms with van der Waals surface area (Å²) in [5.74, 6) is -1.66. The fourth-order valence-corrected chi connectivity index (χ4v) is 1.93. The summed E-state index contributed by atoms with van der Waals surface area (Å²) in [5, 5.41) is 0. The molecule has 0 aromatic heterocycles. The molecule has 2 rings (SSSR count). The van der Waals surface area contributed by atoms with Gasteiger partial charge in [0.1, 0.15) is 5.82 Å². The van der Waals surface area contributed by atoms with Crippen molar-refractivity contribution in [3.05, 3.63) is 35.1 Å². The van der Waals surface area contributed by atoms with Crippen molar-refractivity contribution in [1.29, 1.82) is 0 Å². The van der Waals surface area contributed by atoms with Crippen molar-refractivity contribution < 1.29 is 14.0 Å². The van der Waals surface area contributed by atoms with E-state index in [0.29, 0.717) is 5.56 Å². The van der Waals surface area contributed by atoms with E-state index in [1.54, 1.807) is 12.1 Å². The summed E-state index contributed by atoms with van der Waals surface area (Å²) in [6.45, 7) is 1.83. The van der Waals surface area contributed by atoms with Crippen molar-refractivity contribution in [2.75, 3.05) is 7.05 Å². The highest BCUT2D eigenvalue weighted by Crippen LogP contribution is 2.30. The maximum atomic E-state index is 13.6. The van der Waals surface area contributed by atoms with E-state index in [1.165, 1.54) is 13.1 Å². The Labute approximate surface area is 92.9 Å². The molecule has 0 saturated carbocycles. The van der Waals surface area contributed by atoms with Gasteiger partial charge in [0.25, 0.3) is 0 Å². The van der Waals surface area contributed by atoms with Crippen LogP contribution in [-0.4, -0.2) is 23.8 Å². The zero-order valence-corrected chi connectivity index (χ0v) is 9.16. The first-order valence-electron chi connectivity index (χ1n) is 5.07. The summed E-state index contributed by atoms with van der Waals surface area (Å²) in [4.78, 5) is 24.1. The van der Waals surface area contributed by atoms with Crippen LogP contribution in [0, 0.1) is 12.7 Å². The van der Waals surface area contributed by atoms with Gasteiger partial charge in [0.05, 0.1) is 5.92 Å². The summed E-state index contributed by atoms with van der Waals surface area (Å²) < 4.78 is 13.6. The maximum absolute atomic E-state index is 13.6. The molecule has 1 aromatic rings. The Morgan fingerprint density at radius 3 is 2.62 bits per heavy atom. The number of amides is 2. The minimum Gasteiger partial charge on any atom is -0.285 e. The molecule has 4 heteroatoms. The van der Waals surface area contributed by atoms with Crippen LogP contribution in [0.3, 0.4) is 0 Å². The Morgan fingerprint density at radius 1 is 1.38 bits per heavy atom. The first-order chi connectivity index (χ1) is 7.50. The summed E-state index contributed by atoms with van der Waals surface area (Å²) in [5.41, 5.74) is 1.20. The van der Waals surface area contributed by atoms with Gasteiger partial charge in [0.15, 0.2) is 0 Å². The molecule has 2 amide bonds. The third-order valence-corrected chi connectivity index (χ3v) is 2.91. The molecule has 0 spiro atoms. The van der Waals surface area contributed by atoms with Crippen molar-refractivity contribution in [2.24, 2.45) is 0 Å². The summed E-state index contributed by atoms with van der Waals surface area (Å²) in [6.07, 6.45) is 0.0652. The number of carbonyl (C=O) groups is 2. The molecule has 1 aliphatic heterocycles. The van der Waals surface area contributed by atoms with Crippen molar-refractivity contribution in [1.82, 2.24) is 4.90 Å². The zero-order chi connectivity index (χ0) is 11.9. The summed E-state index contributed by atoms with van der Waals surface area (Å²) >= 11 is 0. The van der Waals surface area contributed by atoms with Crippen LogP contribution >= 0.6 is 0 Å². The molecule has 84 valence electrons. The fourth-order valence-electron chi connectivity index (χ4n) is 1.93. The fraction of sp³-hybridized carbons (Fsp3) is 0.333. The number of rotatable bonds is 1. The predicted molar refractivity (Wildman–Crippen MR) is 56.3 cm³/mol. The van der Waals surface area contributed by atoms with E-state index in [4.69, 9.17) is 0 Å². The van der Waals surface area contributed by atoms with E-state index in [1.807, 2.05) is 6.92 Å². The number of benzene rings is 1. The Hall–Kier alpha value is -1.71. The molecule has 1 heterocycles. The van der Waals surface area contributed by atoms with Gasteiger partial charge in [-0.15, -0.1) is 0 Å². The molecular weight excluding hydrogens is 209 g/mol. The van der Waals surface area contributed by atoms with E-state index >= 15 is 0 Å². The lowest BCUT2D eigenvalue weighted by atomic mass is 9.95. The highest BCUT2D eigenvalue weighted by Gasteiger charge is 2.38. The average Bonchev–Trinajstić information content (AvgIpc) is 2.50. The molecule has 1 unspecified atom stereocenters. The van der Waals surface area contributed by atoms with Crippen molar-refractivity contribution in [2.45, 2.75) is 19.3 Å². The largest absolute Gasteiger partial charge is 0.285 e. The molecule has 0 radical (unpaired) electrons. The van der Waals surface area contributed by atoms with Gasteiger partial charge in [0, 0.05) is 19.0 Å². The van der Waals surface area contributed by atoms with Gasteiger partial charge >= 0.3 is 0 Å². The highest BCUT2D eigenvalue weighted by molar-refractivity contribution is 6.05. The van der Waals surface area contributed by atoms with E-state index in [2.05, 4.69) is 0 Å². The first-order valence-corrected chi connectivity index (χ1v) is 5.07. The average molecular weight is 221 g/mol. The van der Waals surface area contributed by atoms with Crippen LogP contribution in [0.4, 0.5) is 4.39 Å². The molecule has 16 heavy (non-hydrogen) atoms. The Morgan fingerprint density at radius 2 is 2.06 bits per heavy atom. The SMILES string of the molecule is Cc1ccc(F)c(C2CC(=O)N(C)C2=O)c1. The lowest BCUT2D eigenvalue weighted by molar-refractivity contribution is -0.137. The van der Waals surface area contributed by atoms with Gasteiger partial charge < -0.3 is 0 Å². The van der Waals surface area contributed by atoms with Crippen LogP contribution in [0.25, 0.3) is 0 Å². The van der Waals surface area contributed by atoms with Crippen LogP contribution in [-0.2, 0) is 9.59 Å². The second-order valence-electron chi connectivity index (χ2n) is 4.07.